The second-order valence-corrected chi connectivity index (χ2v) is 5.13. The Hall–Kier alpha value is -2.85. The number of nitrogens with one attached hydrogen (secondary N) is 1. The summed E-state index contributed by atoms with van der Waals surface area (Å²) in [5, 5.41) is 11.5. The molecule has 0 saturated carbocycles. The van der Waals surface area contributed by atoms with E-state index in [0.717, 1.165) is 5.56 Å². The van der Waals surface area contributed by atoms with Gasteiger partial charge < -0.3 is 4.98 Å². The van der Waals surface area contributed by atoms with Crippen molar-refractivity contribution in [3.05, 3.63) is 51.5 Å². The molecular weight excluding hydrogens is 286 g/mol. The molecule has 0 atom stereocenters. The van der Waals surface area contributed by atoms with E-state index in [1.807, 2.05) is 11.4 Å². The Morgan fingerprint density at radius 2 is 2.10 bits per heavy atom. The van der Waals surface area contributed by atoms with E-state index in [2.05, 4.69) is 19.9 Å². The first-order valence-electron chi connectivity index (χ1n) is 6.06. The van der Waals surface area contributed by atoms with E-state index < -0.39 is 0 Å². The standard InChI is InChI=1S/C14H9N5OS/c1-8-10(5-9(6-15)13(20)18-8)11-7-21-14(19-11)12-16-3-2-4-17-12/h2-5,7H,1H3,(H,18,20). The lowest BCUT2D eigenvalue weighted by atomic mass is 10.1. The lowest BCUT2D eigenvalue weighted by molar-refractivity contribution is 1.12. The van der Waals surface area contributed by atoms with Gasteiger partial charge in [0.1, 0.15) is 11.6 Å². The molecule has 0 aliphatic rings. The van der Waals surface area contributed by atoms with Crippen molar-refractivity contribution in [2.75, 3.05) is 0 Å². The third-order valence-corrected chi connectivity index (χ3v) is 3.73. The lowest BCUT2D eigenvalue weighted by Gasteiger charge is -2.02. The lowest BCUT2D eigenvalue weighted by Crippen LogP contribution is -2.11. The minimum absolute atomic E-state index is 0.0705. The first-order valence-corrected chi connectivity index (χ1v) is 6.94. The summed E-state index contributed by atoms with van der Waals surface area (Å²) >= 11 is 1.41. The largest absolute Gasteiger partial charge is 0.325 e. The Bertz CT molecular complexity index is 892. The van der Waals surface area contributed by atoms with Crippen LogP contribution in [-0.4, -0.2) is 19.9 Å². The molecule has 21 heavy (non-hydrogen) atoms. The quantitative estimate of drug-likeness (QED) is 0.781. The van der Waals surface area contributed by atoms with Crippen molar-refractivity contribution in [1.29, 1.82) is 5.26 Å². The normalized spacial score (nSPS) is 10.3. The van der Waals surface area contributed by atoms with Crippen LogP contribution in [0.3, 0.4) is 0 Å². The highest BCUT2D eigenvalue weighted by Gasteiger charge is 2.12. The summed E-state index contributed by atoms with van der Waals surface area (Å²) in [6, 6.07) is 5.17. The van der Waals surface area contributed by atoms with Gasteiger partial charge in [-0.1, -0.05) is 0 Å². The fourth-order valence-corrected chi connectivity index (χ4v) is 2.65. The van der Waals surface area contributed by atoms with Gasteiger partial charge in [-0.05, 0) is 19.1 Å². The third-order valence-electron chi connectivity index (χ3n) is 2.90. The maximum atomic E-state index is 11.6. The Kier molecular flexibility index (Phi) is 3.30. The predicted octanol–water partition coefficient (Wildman–Crippen LogP) is 2.14. The molecule has 0 unspecified atom stereocenters. The van der Waals surface area contributed by atoms with Gasteiger partial charge in [-0.3, -0.25) is 4.79 Å². The highest BCUT2D eigenvalue weighted by Crippen LogP contribution is 2.27. The average Bonchev–Trinajstić information content (AvgIpc) is 2.98. The molecule has 3 rings (SSSR count). The van der Waals surface area contributed by atoms with E-state index in [1.54, 1.807) is 31.5 Å². The van der Waals surface area contributed by atoms with Gasteiger partial charge in [-0.25, -0.2) is 15.0 Å². The van der Waals surface area contributed by atoms with Crippen molar-refractivity contribution >= 4 is 11.3 Å². The molecule has 0 fully saturated rings. The van der Waals surface area contributed by atoms with Crippen molar-refractivity contribution in [3.63, 3.8) is 0 Å². The molecule has 7 heteroatoms. The smallest absolute Gasteiger partial charge is 0.266 e. The van der Waals surface area contributed by atoms with Crippen LogP contribution in [0.15, 0.2) is 34.7 Å². The molecule has 6 nitrogen and oxygen atoms in total. The Morgan fingerprint density at radius 3 is 2.81 bits per heavy atom. The van der Waals surface area contributed by atoms with Crippen LogP contribution in [0.4, 0.5) is 0 Å². The Morgan fingerprint density at radius 1 is 1.33 bits per heavy atom. The molecule has 0 aliphatic carbocycles. The van der Waals surface area contributed by atoms with E-state index in [9.17, 15) is 4.79 Å². The number of hydrogen-bond acceptors (Lipinski definition) is 6. The average molecular weight is 295 g/mol. The molecule has 0 spiro atoms. The fraction of sp³-hybridized carbons (Fsp3) is 0.0714. The van der Waals surface area contributed by atoms with Crippen LogP contribution in [0.1, 0.15) is 11.3 Å². The van der Waals surface area contributed by atoms with Gasteiger partial charge in [-0.2, -0.15) is 5.26 Å². The maximum Gasteiger partial charge on any atom is 0.266 e. The van der Waals surface area contributed by atoms with Crippen molar-refractivity contribution in [3.8, 4) is 28.2 Å². The number of thiazole rings is 1. The predicted molar refractivity (Wildman–Crippen MR) is 78.6 cm³/mol. The molecule has 1 N–H and O–H groups in total. The molecule has 3 heterocycles. The van der Waals surface area contributed by atoms with E-state index >= 15 is 0 Å². The van der Waals surface area contributed by atoms with Gasteiger partial charge >= 0.3 is 0 Å². The van der Waals surface area contributed by atoms with Gasteiger partial charge in [0.15, 0.2) is 10.8 Å². The van der Waals surface area contributed by atoms with Gasteiger partial charge in [0.05, 0.1) is 5.69 Å². The van der Waals surface area contributed by atoms with Crippen molar-refractivity contribution < 1.29 is 0 Å². The minimum atomic E-state index is -0.388. The summed E-state index contributed by atoms with van der Waals surface area (Å²) in [4.78, 5) is 27.0. The highest BCUT2D eigenvalue weighted by molar-refractivity contribution is 7.13. The number of nitriles is 1. The number of rotatable bonds is 2. The first-order chi connectivity index (χ1) is 10.2. The first kappa shape index (κ1) is 13.1. The molecule has 0 aliphatic heterocycles. The number of nitrogens with zero attached hydrogens (tertiary/aromatic N) is 4. The van der Waals surface area contributed by atoms with Gasteiger partial charge in [0.2, 0.25) is 0 Å². The van der Waals surface area contributed by atoms with Gasteiger partial charge in [-0.15, -0.1) is 11.3 Å². The van der Waals surface area contributed by atoms with E-state index in [4.69, 9.17) is 5.26 Å². The van der Waals surface area contributed by atoms with Crippen LogP contribution in [0.5, 0.6) is 0 Å². The highest BCUT2D eigenvalue weighted by atomic mass is 32.1. The second-order valence-electron chi connectivity index (χ2n) is 4.27. The summed E-state index contributed by atoms with van der Waals surface area (Å²) in [5.41, 5.74) is 1.77. The number of hydrogen-bond donors (Lipinski definition) is 1. The number of aromatic amines is 1. The Labute approximate surface area is 123 Å². The SMILES string of the molecule is Cc1[nH]c(=O)c(C#N)cc1-c1csc(-c2ncccn2)n1. The van der Waals surface area contributed by atoms with Crippen molar-refractivity contribution in [2.24, 2.45) is 0 Å². The summed E-state index contributed by atoms with van der Waals surface area (Å²) in [7, 11) is 0. The van der Waals surface area contributed by atoms with Crippen molar-refractivity contribution in [1.82, 2.24) is 19.9 Å². The maximum absolute atomic E-state index is 11.6. The van der Waals surface area contributed by atoms with Gasteiger partial charge in [0, 0.05) is 29.0 Å². The van der Waals surface area contributed by atoms with Crippen LogP contribution >= 0.6 is 11.3 Å². The van der Waals surface area contributed by atoms with Gasteiger partial charge in [0.25, 0.3) is 5.56 Å². The fourth-order valence-electron chi connectivity index (χ4n) is 1.88. The van der Waals surface area contributed by atoms with E-state index in [1.165, 1.54) is 11.3 Å². The molecule has 3 aromatic rings. The third kappa shape index (κ3) is 2.44. The van der Waals surface area contributed by atoms with E-state index in [-0.39, 0.29) is 11.1 Å². The number of H-pyrrole nitrogens is 1. The molecule has 3 aromatic heterocycles. The molecule has 0 aromatic carbocycles. The zero-order chi connectivity index (χ0) is 14.8. The zero-order valence-electron chi connectivity index (χ0n) is 11.0. The minimum Gasteiger partial charge on any atom is -0.325 e. The molecule has 0 bridgehead atoms. The van der Waals surface area contributed by atoms with E-state index in [0.29, 0.717) is 22.2 Å². The monoisotopic (exact) mass is 295 g/mol. The summed E-state index contributed by atoms with van der Waals surface area (Å²) in [6.07, 6.45) is 3.31. The van der Waals surface area contributed by atoms with Crippen LogP contribution in [0, 0.1) is 18.3 Å². The van der Waals surface area contributed by atoms with Crippen molar-refractivity contribution in [2.45, 2.75) is 6.92 Å². The van der Waals surface area contributed by atoms with Crippen LogP contribution < -0.4 is 5.56 Å². The second kappa shape index (κ2) is 5.26. The zero-order valence-corrected chi connectivity index (χ0v) is 11.8. The molecule has 0 amide bonds. The molecule has 0 radical (unpaired) electrons. The number of aromatic nitrogens is 4. The molecular formula is C14H9N5OS. The van der Waals surface area contributed by atoms with Crippen LogP contribution in [0.25, 0.3) is 22.1 Å². The summed E-state index contributed by atoms with van der Waals surface area (Å²) < 4.78 is 0. The Balaban J connectivity index is 2.09. The molecule has 0 saturated heterocycles. The summed E-state index contributed by atoms with van der Waals surface area (Å²) in [6.45, 7) is 1.77. The van der Waals surface area contributed by atoms with Crippen LogP contribution in [0.2, 0.25) is 0 Å². The van der Waals surface area contributed by atoms with Crippen LogP contribution in [-0.2, 0) is 0 Å². The number of aryl methyl sites for hydroxylation is 1. The summed E-state index contributed by atoms with van der Waals surface area (Å²) in [5.74, 6) is 0.552. The molecule has 102 valence electrons. The number of pyridine rings is 1. The topological polar surface area (TPSA) is 95.3 Å².